The summed E-state index contributed by atoms with van der Waals surface area (Å²) in [5, 5.41) is 52.6. The van der Waals surface area contributed by atoms with E-state index in [2.05, 4.69) is 5.16 Å². The van der Waals surface area contributed by atoms with Gasteiger partial charge in [-0.15, -0.1) is 0 Å². The lowest BCUT2D eigenvalue weighted by atomic mass is 9.99. The van der Waals surface area contributed by atoms with Crippen LogP contribution in [0.2, 0.25) is 30.1 Å². The number of carbonyl (C=O) groups is 1. The summed E-state index contributed by atoms with van der Waals surface area (Å²) in [5.74, 6) is 0.131. The summed E-state index contributed by atoms with van der Waals surface area (Å²) in [6.07, 6.45) is 9.07. The number of ketones is 1. The standard InChI is InChI=1S/C18H19Cl2NO2.C18H20Cl2O2.C18H18Cl2O2/c19-15-9-10-16(17(20)12-15)13-5-7-14(8-6-13)18(21-23)4-2-1-3-11-22;2*19-15-9-10-16(17(20)12-15)13-5-7-14(8-6-13)18(22)4-2-1-3-11-21/h5-10,12,22-23H,1-4,11H2;5-10,12,18,21-22H,1-4,11H2;5-10,12,21H,1-4,11H2/b21-18+;;. The zero-order valence-corrected chi connectivity index (χ0v) is 41.7. The molecule has 0 aromatic heterocycles. The molecule has 0 amide bonds. The van der Waals surface area contributed by atoms with Crippen molar-refractivity contribution in [1.82, 2.24) is 0 Å². The Labute approximate surface area is 424 Å². The van der Waals surface area contributed by atoms with E-state index < -0.39 is 6.10 Å². The number of unbranched alkanes of at least 4 members (excludes halogenated alkanes) is 6. The molecule has 0 aliphatic rings. The smallest absolute Gasteiger partial charge is 0.162 e. The Morgan fingerprint density at radius 2 is 0.821 bits per heavy atom. The zero-order valence-electron chi connectivity index (χ0n) is 37.2. The molecule has 13 heteroatoms. The Bertz CT molecular complexity index is 2450. The average Bonchev–Trinajstić information content (AvgIpc) is 3.32. The molecule has 0 aliphatic carbocycles. The van der Waals surface area contributed by atoms with Crippen molar-refractivity contribution < 1.29 is 30.4 Å². The summed E-state index contributed by atoms with van der Waals surface area (Å²) in [6, 6.07) is 39.2. The lowest BCUT2D eigenvalue weighted by molar-refractivity contribution is 0.0978. The van der Waals surface area contributed by atoms with Crippen LogP contribution in [0, 0.1) is 0 Å². The van der Waals surface area contributed by atoms with Gasteiger partial charge in [-0.25, -0.2) is 0 Å². The first kappa shape index (κ1) is 55.6. The quantitative estimate of drug-likeness (QED) is 0.0160. The van der Waals surface area contributed by atoms with Crippen LogP contribution in [0.4, 0.5) is 0 Å². The van der Waals surface area contributed by atoms with Crippen LogP contribution in [0.1, 0.15) is 105 Å². The molecule has 7 nitrogen and oxygen atoms in total. The number of halogens is 6. The molecule has 67 heavy (non-hydrogen) atoms. The van der Waals surface area contributed by atoms with E-state index in [1.54, 1.807) is 30.3 Å². The van der Waals surface area contributed by atoms with Crippen LogP contribution in [0.25, 0.3) is 33.4 Å². The maximum absolute atomic E-state index is 12.1. The number of oxime groups is 1. The molecule has 5 N–H and O–H groups in total. The third-order valence-corrected chi connectivity index (χ3v) is 12.5. The van der Waals surface area contributed by atoms with E-state index in [4.69, 9.17) is 84.9 Å². The number of carbonyl (C=O) groups excluding carboxylic acids is 1. The van der Waals surface area contributed by atoms with E-state index in [1.807, 2.05) is 97.1 Å². The van der Waals surface area contributed by atoms with Gasteiger partial charge in [0.15, 0.2) is 5.78 Å². The normalized spacial score (nSPS) is 11.6. The Hall–Kier alpha value is -3.96. The molecule has 0 radical (unpaired) electrons. The second-order valence-electron chi connectivity index (χ2n) is 15.8. The van der Waals surface area contributed by atoms with Crippen molar-refractivity contribution in [3.63, 3.8) is 0 Å². The maximum Gasteiger partial charge on any atom is 0.162 e. The first-order chi connectivity index (χ1) is 32.4. The molecular formula is C54H57Cl6NO6. The fraction of sp³-hybridized carbons (Fsp3) is 0.296. The highest BCUT2D eigenvalue weighted by atomic mass is 35.5. The molecule has 1 unspecified atom stereocenters. The highest BCUT2D eigenvalue weighted by molar-refractivity contribution is 6.37. The monoisotopic (exact) mass is 1030 g/mol. The van der Waals surface area contributed by atoms with Crippen molar-refractivity contribution in [2.75, 3.05) is 19.8 Å². The van der Waals surface area contributed by atoms with Gasteiger partial charge in [0, 0.05) is 78.6 Å². The lowest BCUT2D eigenvalue weighted by Gasteiger charge is -2.12. The fourth-order valence-corrected chi connectivity index (χ4v) is 8.63. The first-order valence-electron chi connectivity index (χ1n) is 22.3. The van der Waals surface area contributed by atoms with Gasteiger partial charge >= 0.3 is 0 Å². The fourth-order valence-electron chi connectivity index (χ4n) is 7.08. The minimum absolute atomic E-state index is 0.131. The zero-order chi connectivity index (χ0) is 48.6. The molecule has 6 aromatic rings. The van der Waals surface area contributed by atoms with E-state index in [9.17, 15) is 15.1 Å². The van der Waals surface area contributed by atoms with E-state index in [0.29, 0.717) is 60.7 Å². The Morgan fingerprint density at radius 1 is 0.448 bits per heavy atom. The van der Waals surface area contributed by atoms with E-state index in [1.165, 1.54) is 0 Å². The predicted octanol–water partition coefficient (Wildman–Crippen LogP) is 16.0. The van der Waals surface area contributed by atoms with Crippen molar-refractivity contribution in [2.45, 2.75) is 83.2 Å². The number of rotatable bonds is 21. The molecule has 1 atom stereocenters. The third-order valence-electron chi connectivity index (χ3n) is 10.8. The summed E-state index contributed by atoms with van der Waals surface area (Å²) < 4.78 is 0. The van der Waals surface area contributed by atoms with Gasteiger partial charge in [-0.2, -0.15) is 0 Å². The van der Waals surface area contributed by atoms with Crippen molar-refractivity contribution in [1.29, 1.82) is 0 Å². The molecule has 0 heterocycles. The Morgan fingerprint density at radius 3 is 1.21 bits per heavy atom. The molecule has 0 bridgehead atoms. The number of nitrogens with zero attached hydrogens (tertiary/aromatic N) is 1. The van der Waals surface area contributed by atoms with Crippen LogP contribution < -0.4 is 0 Å². The number of hydrogen-bond acceptors (Lipinski definition) is 7. The first-order valence-corrected chi connectivity index (χ1v) is 24.6. The predicted molar refractivity (Wildman–Crippen MR) is 280 cm³/mol. The van der Waals surface area contributed by atoms with Crippen molar-refractivity contribution in [3.05, 3.63) is 174 Å². The summed E-state index contributed by atoms with van der Waals surface area (Å²) >= 11 is 36.4. The van der Waals surface area contributed by atoms with E-state index >= 15 is 0 Å². The van der Waals surface area contributed by atoms with Gasteiger partial charge in [0.2, 0.25) is 0 Å². The molecule has 0 saturated heterocycles. The summed E-state index contributed by atoms with van der Waals surface area (Å²) in [4.78, 5) is 12.1. The second kappa shape index (κ2) is 30.5. The average molecular weight is 1030 g/mol. The molecule has 6 rings (SSSR count). The molecule has 356 valence electrons. The minimum Gasteiger partial charge on any atom is -0.411 e. The van der Waals surface area contributed by atoms with Gasteiger partial charge in [0.05, 0.1) is 11.8 Å². The highest BCUT2D eigenvalue weighted by Gasteiger charge is 2.12. The lowest BCUT2D eigenvalue weighted by Crippen LogP contribution is -2.01. The van der Waals surface area contributed by atoms with Crippen LogP contribution >= 0.6 is 69.6 Å². The van der Waals surface area contributed by atoms with Crippen LogP contribution in [-0.4, -0.2) is 56.9 Å². The molecule has 0 saturated carbocycles. The number of benzene rings is 6. The van der Waals surface area contributed by atoms with Crippen LogP contribution in [0.15, 0.2) is 133 Å². The third kappa shape index (κ3) is 18.8. The number of Topliss-reactive ketones (excluding diaryl/α,β-unsaturated/α-hetero) is 1. The van der Waals surface area contributed by atoms with Crippen molar-refractivity contribution >= 4 is 81.1 Å². The van der Waals surface area contributed by atoms with Gasteiger partial charge in [-0.3, -0.25) is 4.79 Å². The number of hydrogen-bond donors (Lipinski definition) is 5. The van der Waals surface area contributed by atoms with Gasteiger partial charge < -0.3 is 25.6 Å². The van der Waals surface area contributed by atoms with Gasteiger partial charge in [-0.05, 0) is 109 Å². The Kier molecular flexibility index (Phi) is 25.3. The summed E-state index contributed by atoms with van der Waals surface area (Å²) in [7, 11) is 0. The highest BCUT2D eigenvalue weighted by Crippen LogP contribution is 2.34. The minimum atomic E-state index is -0.464. The summed E-state index contributed by atoms with van der Waals surface area (Å²) in [5.41, 5.74) is 8.80. The van der Waals surface area contributed by atoms with E-state index in [-0.39, 0.29) is 25.6 Å². The van der Waals surface area contributed by atoms with Gasteiger partial charge in [0.25, 0.3) is 0 Å². The van der Waals surface area contributed by atoms with Crippen LogP contribution in [0.3, 0.4) is 0 Å². The maximum atomic E-state index is 12.1. The van der Waals surface area contributed by atoms with Gasteiger partial charge in [-0.1, -0.05) is 191 Å². The van der Waals surface area contributed by atoms with Gasteiger partial charge in [0.1, 0.15) is 0 Å². The summed E-state index contributed by atoms with van der Waals surface area (Å²) in [6.45, 7) is 0.597. The molecule has 0 aliphatic heterocycles. The Balaban J connectivity index is 0.000000219. The second-order valence-corrected chi connectivity index (χ2v) is 18.3. The van der Waals surface area contributed by atoms with Crippen molar-refractivity contribution in [3.8, 4) is 33.4 Å². The molecule has 0 spiro atoms. The van der Waals surface area contributed by atoms with Crippen LogP contribution in [0.5, 0.6) is 0 Å². The van der Waals surface area contributed by atoms with Crippen molar-refractivity contribution in [2.24, 2.45) is 5.16 Å². The number of aliphatic hydroxyl groups excluding tert-OH is 4. The largest absolute Gasteiger partial charge is 0.411 e. The molecular weight excluding hydrogens is 971 g/mol. The SMILES string of the molecule is O=C(CCCCCO)c1ccc(-c2ccc(Cl)cc2Cl)cc1.OCCCCC/C(=N\O)c1ccc(-c2ccc(Cl)cc2Cl)cc1.OCCCCCC(O)c1ccc(-c2ccc(Cl)cc2Cl)cc1. The number of aliphatic hydroxyl groups is 4. The van der Waals surface area contributed by atoms with E-state index in [0.717, 1.165) is 102 Å². The molecule has 6 aromatic carbocycles. The topological polar surface area (TPSA) is 131 Å². The molecule has 0 fully saturated rings. The van der Waals surface area contributed by atoms with Crippen LogP contribution in [-0.2, 0) is 0 Å².